The Hall–Kier alpha value is -2.79. The van der Waals surface area contributed by atoms with Crippen molar-refractivity contribution in [2.75, 3.05) is 31.6 Å². The zero-order valence-electron chi connectivity index (χ0n) is 16.2. The van der Waals surface area contributed by atoms with Crippen LogP contribution in [0, 0.1) is 0 Å². The first-order chi connectivity index (χ1) is 13.6. The van der Waals surface area contributed by atoms with Gasteiger partial charge in [0, 0.05) is 43.3 Å². The number of amides is 1. The number of hydrogen-bond donors (Lipinski definition) is 1. The number of aliphatic hydroxyl groups is 1. The number of rotatable bonds is 6. The molecule has 2 aromatic carbocycles. The summed E-state index contributed by atoms with van der Waals surface area (Å²) in [5.74, 6) is 0.0839. The fourth-order valence-corrected chi connectivity index (χ4v) is 3.87. The van der Waals surface area contributed by atoms with E-state index in [0.29, 0.717) is 19.5 Å². The van der Waals surface area contributed by atoms with E-state index in [1.54, 1.807) is 11.2 Å². The zero-order valence-corrected chi connectivity index (χ0v) is 16.2. The zero-order chi connectivity index (χ0) is 19.5. The summed E-state index contributed by atoms with van der Waals surface area (Å²) in [7, 11) is 1.85. The van der Waals surface area contributed by atoms with Gasteiger partial charge in [-0.15, -0.1) is 0 Å². The molecule has 1 aliphatic heterocycles. The summed E-state index contributed by atoms with van der Waals surface area (Å²) < 4.78 is 5.54. The van der Waals surface area contributed by atoms with Crippen molar-refractivity contribution < 1.29 is 14.3 Å². The minimum absolute atomic E-state index is 0.0839. The average Bonchev–Trinajstić information content (AvgIpc) is 3.33. The molecular weight excluding hydrogens is 352 g/mol. The molecule has 1 N–H and O–H groups in total. The third-order valence-electron chi connectivity index (χ3n) is 5.54. The molecule has 3 aromatic rings. The minimum atomic E-state index is -0.248. The van der Waals surface area contributed by atoms with Gasteiger partial charge in [0.15, 0.2) is 0 Å². The number of nitrogens with zero attached hydrogens (tertiary/aromatic N) is 2. The number of benzene rings is 2. The Bertz CT molecular complexity index is 965. The summed E-state index contributed by atoms with van der Waals surface area (Å²) in [6, 6.07) is 16.1. The fraction of sp³-hybridized carbons (Fsp3) is 0.348. The molecule has 1 unspecified atom stereocenters. The van der Waals surface area contributed by atoms with Crippen LogP contribution in [0.4, 0.5) is 5.69 Å². The van der Waals surface area contributed by atoms with Gasteiger partial charge in [0.1, 0.15) is 5.58 Å². The molecule has 1 saturated heterocycles. The standard InChI is InChI=1S/C23H26N2O3/c1-24(23(27)14-18-16-28-22-9-5-3-7-20(18)22)12-10-17-6-2-4-8-21(17)25-13-11-19(26)15-25/h2-9,16,19,26H,10-15H2,1H3. The monoisotopic (exact) mass is 378 g/mol. The Kier molecular flexibility index (Phi) is 5.35. The molecule has 1 amide bonds. The van der Waals surface area contributed by atoms with Crippen LogP contribution in [0.25, 0.3) is 11.0 Å². The number of aliphatic hydroxyl groups excluding tert-OH is 1. The number of anilines is 1. The van der Waals surface area contributed by atoms with E-state index < -0.39 is 0 Å². The van der Waals surface area contributed by atoms with Crippen molar-refractivity contribution in [2.24, 2.45) is 0 Å². The van der Waals surface area contributed by atoms with Gasteiger partial charge in [-0.1, -0.05) is 36.4 Å². The van der Waals surface area contributed by atoms with Gasteiger partial charge in [0.25, 0.3) is 0 Å². The summed E-state index contributed by atoms with van der Waals surface area (Å²) in [6.07, 6.45) is 3.38. The molecule has 0 radical (unpaired) electrons. The molecule has 146 valence electrons. The van der Waals surface area contributed by atoms with Crippen molar-refractivity contribution in [3.8, 4) is 0 Å². The van der Waals surface area contributed by atoms with Crippen molar-refractivity contribution in [1.29, 1.82) is 0 Å². The maximum atomic E-state index is 12.7. The Morgan fingerprint density at radius 1 is 1.18 bits per heavy atom. The predicted octanol–water partition coefficient (Wildman–Crippen LogP) is 3.25. The molecule has 5 heteroatoms. The van der Waals surface area contributed by atoms with E-state index in [2.05, 4.69) is 17.0 Å². The van der Waals surface area contributed by atoms with Crippen LogP contribution in [0.5, 0.6) is 0 Å². The topological polar surface area (TPSA) is 56.9 Å². The van der Waals surface area contributed by atoms with Crippen molar-refractivity contribution in [1.82, 2.24) is 4.90 Å². The van der Waals surface area contributed by atoms with E-state index in [9.17, 15) is 9.90 Å². The summed E-state index contributed by atoms with van der Waals surface area (Å²) in [5, 5.41) is 10.8. The van der Waals surface area contributed by atoms with Crippen molar-refractivity contribution in [2.45, 2.75) is 25.4 Å². The Labute approximate surface area is 165 Å². The van der Waals surface area contributed by atoms with E-state index in [4.69, 9.17) is 4.42 Å². The molecule has 0 saturated carbocycles. The lowest BCUT2D eigenvalue weighted by Crippen LogP contribution is -2.30. The van der Waals surface area contributed by atoms with Crippen molar-refractivity contribution in [3.63, 3.8) is 0 Å². The maximum absolute atomic E-state index is 12.7. The first-order valence-corrected chi connectivity index (χ1v) is 9.82. The minimum Gasteiger partial charge on any atom is -0.464 e. The first-order valence-electron chi connectivity index (χ1n) is 9.82. The Balaban J connectivity index is 1.39. The van der Waals surface area contributed by atoms with Gasteiger partial charge in [-0.25, -0.2) is 0 Å². The summed E-state index contributed by atoms with van der Waals surface area (Å²) in [6.45, 7) is 2.21. The van der Waals surface area contributed by atoms with Gasteiger partial charge in [0.2, 0.25) is 5.91 Å². The molecule has 1 aromatic heterocycles. The van der Waals surface area contributed by atoms with Crippen LogP contribution in [0.15, 0.2) is 59.2 Å². The van der Waals surface area contributed by atoms with Gasteiger partial charge in [-0.2, -0.15) is 0 Å². The van der Waals surface area contributed by atoms with Gasteiger partial charge in [-0.3, -0.25) is 4.79 Å². The third-order valence-corrected chi connectivity index (χ3v) is 5.54. The highest BCUT2D eigenvalue weighted by Crippen LogP contribution is 2.25. The third kappa shape index (κ3) is 3.90. The molecule has 0 bridgehead atoms. The van der Waals surface area contributed by atoms with E-state index in [1.807, 2.05) is 43.4 Å². The second-order valence-electron chi connectivity index (χ2n) is 7.52. The molecule has 28 heavy (non-hydrogen) atoms. The Morgan fingerprint density at radius 2 is 1.96 bits per heavy atom. The second kappa shape index (κ2) is 8.07. The van der Waals surface area contributed by atoms with Crippen LogP contribution in [0.3, 0.4) is 0 Å². The van der Waals surface area contributed by atoms with Crippen LogP contribution in [0.2, 0.25) is 0 Å². The molecule has 1 aliphatic rings. The van der Waals surface area contributed by atoms with E-state index in [0.717, 1.165) is 35.9 Å². The lowest BCUT2D eigenvalue weighted by molar-refractivity contribution is -0.129. The molecule has 0 aliphatic carbocycles. The van der Waals surface area contributed by atoms with Crippen molar-refractivity contribution in [3.05, 3.63) is 65.9 Å². The molecule has 2 heterocycles. The number of carbonyl (C=O) groups excluding carboxylic acids is 1. The normalized spacial score (nSPS) is 16.6. The maximum Gasteiger partial charge on any atom is 0.226 e. The van der Waals surface area contributed by atoms with E-state index in [-0.39, 0.29) is 12.0 Å². The smallest absolute Gasteiger partial charge is 0.226 e. The van der Waals surface area contributed by atoms with Crippen LogP contribution in [-0.4, -0.2) is 48.7 Å². The summed E-state index contributed by atoms with van der Waals surface area (Å²) >= 11 is 0. The number of β-amino-alcohol motifs (C(OH)–C–C–N with tert-alkyl or cyclic N) is 1. The fourth-order valence-electron chi connectivity index (χ4n) is 3.87. The second-order valence-corrected chi connectivity index (χ2v) is 7.52. The largest absolute Gasteiger partial charge is 0.464 e. The van der Waals surface area contributed by atoms with Gasteiger partial charge in [0.05, 0.1) is 18.8 Å². The van der Waals surface area contributed by atoms with Crippen molar-refractivity contribution >= 4 is 22.6 Å². The highest BCUT2D eigenvalue weighted by molar-refractivity contribution is 5.87. The first kappa shape index (κ1) is 18.6. The Morgan fingerprint density at radius 3 is 2.79 bits per heavy atom. The number of carbonyl (C=O) groups is 1. The number of furan rings is 1. The quantitative estimate of drug-likeness (QED) is 0.715. The number of fused-ring (bicyclic) bond motifs is 1. The van der Waals surface area contributed by atoms with Gasteiger partial charge >= 0.3 is 0 Å². The van der Waals surface area contributed by atoms with Crippen LogP contribution in [-0.2, 0) is 17.6 Å². The van der Waals surface area contributed by atoms with Crippen LogP contribution >= 0.6 is 0 Å². The van der Waals surface area contributed by atoms with E-state index >= 15 is 0 Å². The SMILES string of the molecule is CN(CCc1ccccc1N1CCC(O)C1)C(=O)Cc1coc2ccccc12. The number of para-hydroxylation sites is 2. The molecule has 5 nitrogen and oxygen atoms in total. The van der Waals surface area contributed by atoms with E-state index in [1.165, 1.54) is 11.3 Å². The lowest BCUT2D eigenvalue weighted by atomic mass is 10.1. The lowest BCUT2D eigenvalue weighted by Gasteiger charge is -2.23. The number of hydrogen-bond acceptors (Lipinski definition) is 4. The van der Waals surface area contributed by atoms with Crippen LogP contribution in [0.1, 0.15) is 17.5 Å². The summed E-state index contributed by atoms with van der Waals surface area (Å²) in [5.41, 5.74) is 4.12. The molecule has 1 fully saturated rings. The highest BCUT2D eigenvalue weighted by atomic mass is 16.3. The highest BCUT2D eigenvalue weighted by Gasteiger charge is 2.22. The predicted molar refractivity (Wildman–Crippen MR) is 111 cm³/mol. The molecular formula is C23H26N2O3. The van der Waals surface area contributed by atoms with Gasteiger partial charge in [-0.05, 0) is 30.5 Å². The molecule has 1 atom stereocenters. The molecule has 0 spiro atoms. The van der Waals surface area contributed by atoms with Gasteiger partial charge < -0.3 is 19.3 Å². The average molecular weight is 378 g/mol. The molecule has 4 rings (SSSR count). The number of likely N-dealkylation sites (N-methyl/N-ethyl adjacent to an activating group) is 1. The summed E-state index contributed by atoms with van der Waals surface area (Å²) in [4.78, 5) is 16.7. The van der Waals surface area contributed by atoms with Crippen LogP contribution < -0.4 is 4.90 Å².